The van der Waals surface area contributed by atoms with Crippen molar-refractivity contribution < 1.29 is 0 Å². The molecule has 12 aromatic rings. The molecule has 3 aromatic heterocycles. The second-order valence-corrected chi connectivity index (χ2v) is 16.0. The molecule has 9 aromatic carbocycles. The number of pyridine rings is 1. The summed E-state index contributed by atoms with van der Waals surface area (Å²) in [6, 6.07) is 81.6. The molecule has 0 N–H and O–H groups in total. The predicted molar refractivity (Wildman–Crippen MR) is 262 cm³/mol. The Kier molecular flexibility index (Phi) is 8.79. The molecule has 0 bridgehead atoms. The first-order valence-corrected chi connectivity index (χ1v) is 21.4. The number of para-hydroxylation sites is 2. The Balaban J connectivity index is 1.01. The maximum atomic E-state index is 5.28. The van der Waals surface area contributed by atoms with Crippen molar-refractivity contribution in [2.24, 2.45) is 0 Å². The Morgan fingerprint density at radius 3 is 1.60 bits per heavy atom. The molecule has 4 heteroatoms. The zero-order valence-corrected chi connectivity index (χ0v) is 34.2. The molecule has 0 aliphatic carbocycles. The van der Waals surface area contributed by atoms with Gasteiger partial charge in [0.25, 0.3) is 0 Å². The molecule has 12 rings (SSSR count). The average Bonchev–Trinajstić information content (AvgIpc) is 3.70. The van der Waals surface area contributed by atoms with E-state index >= 15 is 0 Å². The smallest absolute Gasteiger partial charge is 0.160 e. The van der Waals surface area contributed by atoms with Gasteiger partial charge in [0.2, 0.25) is 0 Å². The quantitative estimate of drug-likeness (QED) is 0.151. The van der Waals surface area contributed by atoms with E-state index < -0.39 is 0 Å². The molecular weight excluding hydrogens is 765 g/mol. The second kappa shape index (κ2) is 15.2. The molecule has 0 aliphatic rings. The van der Waals surface area contributed by atoms with Crippen LogP contribution in [0, 0.1) is 0 Å². The minimum Gasteiger partial charge on any atom is -0.309 e. The summed E-state index contributed by atoms with van der Waals surface area (Å²) < 4.78 is 2.42. The maximum Gasteiger partial charge on any atom is 0.160 e. The summed E-state index contributed by atoms with van der Waals surface area (Å²) in [5.41, 5.74) is 16.0. The topological polar surface area (TPSA) is 43.6 Å². The van der Waals surface area contributed by atoms with E-state index in [0.717, 1.165) is 89.0 Å². The van der Waals surface area contributed by atoms with E-state index in [2.05, 4.69) is 199 Å². The van der Waals surface area contributed by atoms with E-state index in [4.69, 9.17) is 15.0 Å². The van der Waals surface area contributed by atoms with Crippen LogP contribution in [-0.2, 0) is 0 Å². The molecule has 0 spiro atoms. The van der Waals surface area contributed by atoms with Gasteiger partial charge in [-0.25, -0.2) is 15.0 Å². The molecular formula is C59H38N4. The Labute approximate surface area is 365 Å². The Morgan fingerprint density at radius 2 is 0.873 bits per heavy atom. The Morgan fingerprint density at radius 1 is 0.302 bits per heavy atom. The number of hydrogen-bond acceptors (Lipinski definition) is 3. The van der Waals surface area contributed by atoms with Gasteiger partial charge in [0.1, 0.15) is 0 Å². The van der Waals surface area contributed by atoms with E-state index in [1.54, 1.807) is 0 Å². The van der Waals surface area contributed by atoms with E-state index in [1.807, 2.05) is 36.4 Å². The highest BCUT2D eigenvalue weighted by Crippen LogP contribution is 2.43. The first-order chi connectivity index (χ1) is 31.2. The van der Waals surface area contributed by atoms with Crippen molar-refractivity contribution in [1.82, 2.24) is 19.5 Å². The third-order valence-electron chi connectivity index (χ3n) is 12.2. The Bertz CT molecular complexity index is 3580. The van der Waals surface area contributed by atoms with E-state index in [0.29, 0.717) is 5.82 Å². The maximum absolute atomic E-state index is 5.28. The number of aromatic nitrogens is 4. The minimum atomic E-state index is 0.709. The van der Waals surface area contributed by atoms with Gasteiger partial charge in [-0.3, -0.25) is 0 Å². The number of nitrogens with zero attached hydrogens (tertiary/aromatic N) is 4. The van der Waals surface area contributed by atoms with E-state index in [9.17, 15) is 0 Å². The van der Waals surface area contributed by atoms with Crippen molar-refractivity contribution in [2.45, 2.75) is 0 Å². The zero-order valence-electron chi connectivity index (χ0n) is 34.2. The standard InChI is InChI=1S/C59H38N4/c1-5-17-40(18-6-1)53-38-54(62-59(61-53)43-21-9-3-10-22-43)41-33-31-39(32-34-41)44-23-15-24-45(35-44)47-28-16-30-55-57(47)51-36-49-48-27-13-14-29-52(48)60-58(42-19-7-2-8-20-42)50(49)37-56(51)63(55)46-25-11-4-12-26-46/h1-38H. The fraction of sp³-hybridized carbons (Fsp3) is 0. The summed E-state index contributed by atoms with van der Waals surface area (Å²) in [5.74, 6) is 0.709. The highest BCUT2D eigenvalue weighted by atomic mass is 15.0. The molecule has 63 heavy (non-hydrogen) atoms. The van der Waals surface area contributed by atoms with Gasteiger partial charge in [0.15, 0.2) is 5.82 Å². The van der Waals surface area contributed by atoms with Gasteiger partial charge in [0, 0.05) is 49.5 Å². The van der Waals surface area contributed by atoms with Gasteiger partial charge < -0.3 is 4.57 Å². The predicted octanol–water partition coefficient (Wildman–Crippen LogP) is 15.3. The van der Waals surface area contributed by atoms with Gasteiger partial charge in [0.05, 0.1) is 33.6 Å². The highest BCUT2D eigenvalue weighted by molar-refractivity contribution is 6.23. The number of hydrogen-bond donors (Lipinski definition) is 0. The van der Waals surface area contributed by atoms with E-state index in [1.165, 1.54) is 21.7 Å². The number of benzene rings is 9. The van der Waals surface area contributed by atoms with Gasteiger partial charge in [-0.15, -0.1) is 0 Å². The molecule has 0 fully saturated rings. The zero-order chi connectivity index (χ0) is 41.7. The molecule has 0 amide bonds. The van der Waals surface area contributed by atoms with Crippen LogP contribution in [0.1, 0.15) is 0 Å². The highest BCUT2D eigenvalue weighted by Gasteiger charge is 2.20. The van der Waals surface area contributed by atoms with Crippen molar-refractivity contribution in [3.05, 3.63) is 231 Å². The first-order valence-electron chi connectivity index (χ1n) is 21.4. The summed E-state index contributed by atoms with van der Waals surface area (Å²) in [4.78, 5) is 15.3. The number of fused-ring (bicyclic) bond motifs is 6. The molecule has 0 unspecified atom stereocenters. The lowest BCUT2D eigenvalue weighted by atomic mass is 9.94. The lowest BCUT2D eigenvalue weighted by Crippen LogP contribution is -1.95. The summed E-state index contributed by atoms with van der Waals surface area (Å²) in [6.45, 7) is 0. The van der Waals surface area contributed by atoms with Crippen LogP contribution in [0.4, 0.5) is 0 Å². The van der Waals surface area contributed by atoms with Crippen LogP contribution < -0.4 is 0 Å². The summed E-state index contributed by atoms with van der Waals surface area (Å²) in [5, 5.41) is 5.90. The lowest BCUT2D eigenvalue weighted by Gasteiger charge is -2.12. The van der Waals surface area contributed by atoms with Crippen molar-refractivity contribution in [1.29, 1.82) is 0 Å². The SMILES string of the molecule is c1ccc(-c2cc(-c3ccc(-c4cccc(-c5cccc6c5c5cc7c(cc5n6-c5ccccc5)c(-c5ccccc5)nc5ccccc57)c4)cc3)nc(-c3ccccc3)n2)cc1. The third kappa shape index (κ3) is 6.44. The molecule has 4 nitrogen and oxygen atoms in total. The van der Waals surface area contributed by atoms with Crippen molar-refractivity contribution in [3.8, 4) is 73.1 Å². The largest absolute Gasteiger partial charge is 0.309 e. The second-order valence-electron chi connectivity index (χ2n) is 16.0. The average molecular weight is 803 g/mol. The summed E-state index contributed by atoms with van der Waals surface area (Å²) in [6.07, 6.45) is 0. The monoisotopic (exact) mass is 802 g/mol. The van der Waals surface area contributed by atoms with Crippen LogP contribution in [0.15, 0.2) is 231 Å². The van der Waals surface area contributed by atoms with Gasteiger partial charge in [-0.05, 0) is 76.2 Å². The van der Waals surface area contributed by atoms with Crippen LogP contribution in [0.5, 0.6) is 0 Å². The fourth-order valence-corrected chi connectivity index (χ4v) is 9.19. The number of rotatable bonds is 7. The fourth-order valence-electron chi connectivity index (χ4n) is 9.19. The molecule has 3 heterocycles. The van der Waals surface area contributed by atoms with E-state index in [-0.39, 0.29) is 0 Å². The van der Waals surface area contributed by atoms with Gasteiger partial charge >= 0.3 is 0 Å². The summed E-state index contributed by atoms with van der Waals surface area (Å²) in [7, 11) is 0. The van der Waals surface area contributed by atoms with Crippen LogP contribution in [0.2, 0.25) is 0 Å². The molecule has 0 saturated heterocycles. The third-order valence-corrected chi connectivity index (χ3v) is 12.2. The molecule has 294 valence electrons. The molecule has 0 aliphatic heterocycles. The normalized spacial score (nSPS) is 11.5. The summed E-state index contributed by atoms with van der Waals surface area (Å²) >= 11 is 0. The Hall–Kier alpha value is -8.47. The van der Waals surface area contributed by atoms with Crippen LogP contribution in [0.3, 0.4) is 0 Å². The van der Waals surface area contributed by atoms with Gasteiger partial charge in [-0.2, -0.15) is 0 Å². The minimum absolute atomic E-state index is 0.709. The van der Waals surface area contributed by atoms with Crippen LogP contribution in [0.25, 0.3) is 117 Å². The van der Waals surface area contributed by atoms with Gasteiger partial charge in [-0.1, -0.05) is 182 Å². The molecule has 0 atom stereocenters. The first kappa shape index (κ1) is 36.4. The van der Waals surface area contributed by atoms with Crippen LogP contribution >= 0.6 is 0 Å². The van der Waals surface area contributed by atoms with Crippen molar-refractivity contribution in [2.75, 3.05) is 0 Å². The molecule has 0 saturated carbocycles. The van der Waals surface area contributed by atoms with Crippen molar-refractivity contribution in [3.63, 3.8) is 0 Å². The van der Waals surface area contributed by atoms with Crippen LogP contribution in [-0.4, -0.2) is 19.5 Å². The van der Waals surface area contributed by atoms with Crippen molar-refractivity contribution >= 4 is 43.5 Å². The lowest BCUT2D eigenvalue weighted by molar-refractivity contribution is 1.18. The molecule has 0 radical (unpaired) electrons.